The highest BCUT2D eigenvalue weighted by Gasteiger charge is 2.08. The summed E-state index contributed by atoms with van der Waals surface area (Å²) in [6, 6.07) is 10.7. The van der Waals surface area contributed by atoms with Gasteiger partial charge in [0.25, 0.3) is 0 Å². The zero-order valence-electron chi connectivity index (χ0n) is 11.4. The first kappa shape index (κ1) is 12.5. The average molecular weight is 291 g/mol. The molecule has 1 aromatic carbocycles. The van der Waals surface area contributed by atoms with E-state index in [4.69, 9.17) is 0 Å². The Morgan fingerprint density at radius 1 is 1.10 bits per heavy atom. The van der Waals surface area contributed by atoms with Gasteiger partial charge < -0.3 is 0 Å². The van der Waals surface area contributed by atoms with E-state index in [0.717, 1.165) is 28.2 Å². The Hall–Kier alpha value is -2.20. The summed E-state index contributed by atoms with van der Waals surface area (Å²) in [7, 11) is 0. The third-order valence-corrected chi connectivity index (χ3v) is 4.67. The van der Waals surface area contributed by atoms with Gasteiger partial charge in [-0.1, -0.05) is 30.4 Å². The molecule has 0 unspecified atom stereocenters. The SMILES string of the molecule is C1=Cc2cc(CSc3ncnc4ncccc34)ccc2C1. The van der Waals surface area contributed by atoms with Crippen molar-refractivity contribution in [1.29, 1.82) is 0 Å². The summed E-state index contributed by atoms with van der Waals surface area (Å²) in [6.07, 6.45) is 8.82. The maximum absolute atomic E-state index is 4.39. The fraction of sp³-hybridized carbons (Fsp3) is 0.118. The van der Waals surface area contributed by atoms with Crippen molar-refractivity contribution in [1.82, 2.24) is 15.0 Å². The zero-order valence-corrected chi connectivity index (χ0v) is 12.2. The van der Waals surface area contributed by atoms with Crippen LogP contribution in [0.15, 0.2) is 54.0 Å². The van der Waals surface area contributed by atoms with Gasteiger partial charge in [-0.05, 0) is 35.2 Å². The van der Waals surface area contributed by atoms with Crippen LogP contribution in [0.4, 0.5) is 0 Å². The molecular weight excluding hydrogens is 278 g/mol. The summed E-state index contributed by atoms with van der Waals surface area (Å²) in [5, 5.41) is 2.01. The number of hydrogen-bond donors (Lipinski definition) is 0. The maximum atomic E-state index is 4.39. The molecule has 1 aliphatic rings. The second kappa shape index (κ2) is 5.30. The van der Waals surface area contributed by atoms with E-state index in [2.05, 4.69) is 45.3 Å². The van der Waals surface area contributed by atoms with Crippen molar-refractivity contribution in [2.24, 2.45) is 0 Å². The Balaban J connectivity index is 1.60. The van der Waals surface area contributed by atoms with Gasteiger partial charge in [0, 0.05) is 11.9 Å². The van der Waals surface area contributed by atoms with Crippen molar-refractivity contribution in [3.63, 3.8) is 0 Å². The van der Waals surface area contributed by atoms with E-state index in [1.54, 1.807) is 24.3 Å². The van der Waals surface area contributed by atoms with E-state index < -0.39 is 0 Å². The quantitative estimate of drug-likeness (QED) is 0.542. The minimum Gasteiger partial charge on any atom is -0.237 e. The molecule has 0 atom stereocenters. The molecule has 1 aliphatic carbocycles. The van der Waals surface area contributed by atoms with Crippen LogP contribution in [0.5, 0.6) is 0 Å². The average Bonchev–Trinajstić information content (AvgIpc) is 3.00. The molecule has 0 spiro atoms. The lowest BCUT2D eigenvalue weighted by Crippen LogP contribution is -1.90. The largest absolute Gasteiger partial charge is 0.237 e. The summed E-state index contributed by atoms with van der Waals surface area (Å²) in [4.78, 5) is 12.9. The van der Waals surface area contributed by atoms with Crippen LogP contribution < -0.4 is 0 Å². The fourth-order valence-electron chi connectivity index (χ4n) is 2.53. The van der Waals surface area contributed by atoms with Crippen LogP contribution in [-0.2, 0) is 12.2 Å². The predicted octanol–water partition coefficient (Wildman–Crippen LogP) is 3.89. The highest BCUT2D eigenvalue weighted by atomic mass is 32.2. The van der Waals surface area contributed by atoms with E-state index in [1.165, 1.54) is 16.7 Å². The molecule has 21 heavy (non-hydrogen) atoms. The Bertz CT molecular complexity index is 837. The molecule has 0 saturated carbocycles. The van der Waals surface area contributed by atoms with Crippen LogP contribution in [-0.4, -0.2) is 15.0 Å². The van der Waals surface area contributed by atoms with Crippen molar-refractivity contribution in [3.8, 4) is 0 Å². The van der Waals surface area contributed by atoms with Crippen LogP contribution >= 0.6 is 11.8 Å². The van der Waals surface area contributed by atoms with Crippen molar-refractivity contribution < 1.29 is 0 Å². The van der Waals surface area contributed by atoms with Gasteiger partial charge in [0.2, 0.25) is 0 Å². The van der Waals surface area contributed by atoms with E-state index in [1.807, 2.05) is 12.1 Å². The first-order chi connectivity index (χ1) is 10.4. The predicted molar refractivity (Wildman–Crippen MR) is 86.1 cm³/mol. The molecule has 0 N–H and O–H groups in total. The van der Waals surface area contributed by atoms with Crippen LogP contribution in [0, 0.1) is 0 Å². The van der Waals surface area contributed by atoms with Crippen LogP contribution in [0.1, 0.15) is 16.7 Å². The minimum absolute atomic E-state index is 0.756. The molecule has 0 aliphatic heterocycles. The zero-order chi connectivity index (χ0) is 14.1. The van der Waals surface area contributed by atoms with Gasteiger partial charge in [-0.15, -0.1) is 11.8 Å². The summed E-state index contributed by atoms with van der Waals surface area (Å²) in [5.41, 5.74) is 4.84. The number of aromatic nitrogens is 3. The normalized spacial score (nSPS) is 12.8. The lowest BCUT2D eigenvalue weighted by molar-refractivity contribution is 1.08. The van der Waals surface area contributed by atoms with Gasteiger partial charge in [0.15, 0.2) is 5.65 Å². The summed E-state index contributed by atoms with van der Waals surface area (Å²) in [5.74, 6) is 0.905. The lowest BCUT2D eigenvalue weighted by Gasteiger charge is -2.06. The number of benzene rings is 1. The number of nitrogens with zero attached hydrogens (tertiary/aromatic N) is 3. The Morgan fingerprint density at radius 3 is 3.10 bits per heavy atom. The molecule has 2 heterocycles. The first-order valence-corrected chi connectivity index (χ1v) is 7.85. The monoisotopic (exact) mass is 291 g/mol. The third-order valence-electron chi connectivity index (χ3n) is 3.59. The Morgan fingerprint density at radius 2 is 2.10 bits per heavy atom. The number of thioether (sulfide) groups is 1. The molecule has 0 radical (unpaired) electrons. The standard InChI is InChI=1S/C17H13N3S/c1-3-13-7-6-12(9-14(13)4-1)10-21-17-15-5-2-8-18-16(15)19-11-20-17/h1-2,4-9,11H,3,10H2. The van der Waals surface area contributed by atoms with Gasteiger partial charge in [-0.25, -0.2) is 15.0 Å². The van der Waals surface area contributed by atoms with E-state index >= 15 is 0 Å². The second-order valence-electron chi connectivity index (χ2n) is 4.98. The summed E-state index contributed by atoms with van der Waals surface area (Å²) < 4.78 is 0. The number of rotatable bonds is 3. The van der Waals surface area contributed by atoms with Crippen molar-refractivity contribution in [3.05, 3.63) is 65.6 Å². The van der Waals surface area contributed by atoms with Crippen LogP contribution in [0.25, 0.3) is 17.1 Å². The van der Waals surface area contributed by atoms with E-state index in [0.29, 0.717) is 0 Å². The molecule has 4 rings (SSSR count). The molecule has 0 bridgehead atoms. The Labute approximate surface area is 127 Å². The highest BCUT2D eigenvalue weighted by Crippen LogP contribution is 2.28. The molecule has 102 valence electrons. The maximum Gasteiger partial charge on any atom is 0.163 e. The third kappa shape index (κ3) is 2.43. The number of hydrogen-bond acceptors (Lipinski definition) is 4. The molecule has 2 aromatic heterocycles. The molecule has 4 heteroatoms. The summed E-state index contributed by atoms with van der Waals surface area (Å²) in [6.45, 7) is 0. The van der Waals surface area contributed by atoms with Gasteiger partial charge in [-0.3, -0.25) is 0 Å². The second-order valence-corrected chi connectivity index (χ2v) is 5.95. The topological polar surface area (TPSA) is 38.7 Å². The molecule has 0 amide bonds. The lowest BCUT2D eigenvalue weighted by atomic mass is 10.1. The Kier molecular flexibility index (Phi) is 3.16. The van der Waals surface area contributed by atoms with Crippen LogP contribution in [0.3, 0.4) is 0 Å². The van der Waals surface area contributed by atoms with Gasteiger partial charge >= 0.3 is 0 Å². The fourth-order valence-corrected chi connectivity index (χ4v) is 3.45. The molecule has 0 saturated heterocycles. The van der Waals surface area contributed by atoms with Gasteiger partial charge in [0.1, 0.15) is 11.4 Å². The molecule has 3 aromatic rings. The van der Waals surface area contributed by atoms with Crippen LogP contribution in [0.2, 0.25) is 0 Å². The smallest absolute Gasteiger partial charge is 0.163 e. The molecular formula is C17H13N3S. The summed E-state index contributed by atoms with van der Waals surface area (Å²) >= 11 is 1.73. The van der Waals surface area contributed by atoms with E-state index in [-0.39, 0.29) is 0 Å². The highest BCUT2D eigenvalue weighted by molar-refractivity contribution is 7.98. The number of pyridine rings is 1. The number of allylic oxidation sites excluding steroid dienone is 1. The van der Waals surface area contributed by atoms with Gasteiger partial charge in [0.05, 0.1) is 5.39 Å². The molecule has 3 nitrogen and oxygen atoms in total. The van der Waals surface area contributed by atoms with Crippen molar-refractivity contribution >= 4 is 28.9 Å². The first-order valence-electron chi connectivity index (χ1n) is 6.87. The molecule has 0 fully saturated rings. The van der Waals surface area contributed by atoms with Gasteiger partial charge in [-0.2, -0.15) is 0 Å². The van der Waals surface area contributed by atoms with Crippen molar-refractivity contribution in [2.75, 3.05) is 0 Å². The van der Waals surface area contributed by atoms with Crippen molar-refractivity contribution in [2.45, 2.75) is 17.2 Å². The number of fused-ring (bicyclic) bond motifs is 2. The minimum atomic E-state index is 0.756. The van der Waals surface area contributed by atoms with E-state index in [9.17, 15) is 0 Å².